The molecule has 4 aromatic rings. The number of benzene rings is 3. The second kappa shape index (κ2) is 12.5. The molecule has 3 aromatic carbocycles. The molecule has 1 amide bonds. The number of aromatic nitrogens is 2. The molecule has 1 aromatic heterocycles. The van der Waals surface area contributed by atoms with Gasteiger partial charge in [-0.15, -0.1) is 0 Å². The van der Waals surface area contributed by atoms with Crippen molar-refractivity contribution in [1.29, 1.82) is 0 Å². The number of amides is 1. The monoisotopic (exact) mass is 527 g/mol. The molecule has 0 aliphatic rings. The number of hydrogen-bond acceptors (Lipinski definition) is 7. The van der Waals surface area contributed by atoms with Crippen molar-refractivity contribution >= 4 is 17.9 Å². The van der Waals surface area contributed by atoms with Crippen LogP contribution in [0, 0.1) is 24.0 Å². The Balaban J connectivity index is 1.35. The van der Waals surface area contributed by atoms with Crippen molar-refractivity contribution in [2.24, 2.45) is 5.10 Å². The van der Waals surface area contributed by atoms with Crippen molar-refractivity contribution in [2.45, 2.75) is 33.9 Å². The summed E-state index contributed by atoms with van der Waals surface area (Å²) < 4.78 is 13.3. The summed E-state index contributed by atoms with van der Waals surface area (Å²) in [5.74, 6) is 0.655. The molecule has 200 valence electrons. The molecule has 4 rings (SSSR count). The molecule has 0 bridgehead atoms. The van der Waals surface area contributed by atoms with Crippen LogP contribution >= 0.6 is 0 Å². The minimum atomic E-state index is -0.524. The first kappa shape index (κ1) is 27.1. The summed E-state index contributed by atoms with van der Waals surface area (Å²) >= 11 is 0. The first-order chi connectivity index (χ1) is 18.8. The molecule has 1 heterocycles. The van der Waals surface area contributed by atoms with Gasteiger partial charge in [0.15, 0.2) is 11.5 Å². The van der Waals surface area contributed by atoms with Gasteiger partial charge in [0.1, 0.15) is 6.61 Å². The molecule has 0 saturated carbocycles. The van der Waals surface area contributed by atoms with Crippen molar-refractivity contribution in [2.75, 3.05) is 6.61 Å². The number of nitrogens with one attached hydrogen (secondary N) is 1. The van der Waals surface area contributed by atoms with E-state index >= 15 is 0 Å². The molecule has 0 saturated heterocycles. The SMILES string of the molecule is CCOc1cc(/C=N/NC(=O)c2ccc(Cn3nc([N+](=O)[O-])cc3C)cc2)ccc1OCc1ccccc1C. The van der Waals surface area contributed by atoms with Crippen LogP contribution in [0.1, 0.15) is 45.2 Å². The van der Waals surface area contributed by atoms with Gasteiger partial charge in [-0.2, -0.15) is 9.78 Å². The highest BCUT2D eigenvalue weighted by atomic mass is 16.6. The summed E-state index contributed by atoms with van der Waals surface area (Å²) in [7, 11) is 0. The number of nitrogens with zero attached hydrogens (tertiary/aromatic N) is 4. The maximum Gasteiger partial charge on any atom is 0.390 e. The third-order valence-corrected chi connectivity index (χ3v) is 6.00. The molecule has 0 radical (unpaired) electrons. The number of ether oxygens (including phenoxy) is 2. The van der Waals surface area contributed by atoms with Crippen LogP contribution in [-0.4, -0.2) is 33.4 Å². The van der Waals surface area contributed by atoms with Crippen molar-refractivity contribution in [3.8, 4) is 11.5 Å². The molecule has 0 aliphatic heterocycles. The quantitative estimate of drug-likeness (QED) is 0.163. The zero-order valence-electron chi connectivity index (χ0n) is 22.0. The van der Waals surface area contributed by atoms with Gasteiger partial charge in [-0.3, -0.25) is 4.79 Å². The Bertz CT molecular complexity index is 1490. The maximum atomic E-state index is 12.5. The van der Waals surface area contributed by atoms with Crippen LogP contribution in [0.15, 0.2) is 77.9 Å². The largest absolute Gasteiger partial charge is 0.490 e. The van der Waals surface area contributed by atoms with Gasteiger partial charge in [0.05, 0.1) is 36.2 Å². The highest BCUT2D eigenvalue weighted by Gasteiger charge is 2.15. The number of rotatable bonds is 11. The molecule has 0 unspecified atom stereocenters. The van der Waals surface area contributed by atoms with E-state index in [0.29, 0.717) is 42.5 Å². The average molecular weight is 528 g/mol. The van der Waals surface area contributed by atoms with Crippen LogP contribution in [0.4, 0.5) is 5.82 Å². The molecular weight excluding hydrogens is 498 g/mol. The summed E-state index contributed by atoms with van der Waals surface area (Å²) in [6.45, 7) is 6.96. The minimum Gasteiger partial charge on any atom is -0.490 e. The minimum absolute atomic E-state index is 0.195. The molecular formula is C29H29N5O5. The van der Waals surface area contributed by atoms with Gasteiger partial charge < -0.3 is 19.6 Å². The van der Waals surface area contributed by atoms with Crippen LogP contribution in [-0.2, 0) is 13.2 Å². The lowest BCUT2D eigenvalue weighted by Crippen LogP contribution is -2.17. The van der Waals surface area contributed by atoms with E-state index in [1.807, 2.05) is 56.3 Å². The molecule has 0 aliphatic carbocycles. The topological polar surface area (TPSA) is 121 Å². The molecule has 0 spiro atoms. The van der Waals surface area contributed by atoms with Crippen LogP contribution in [0.25, 0.3) is 0 Å². The number of aryl methyl sites for hydroxylation is 2. The summed E-state index contributed by atoms with van der Waals surface area (Å²) in [5.41, 5.74) is 7.47. The fourth-order valence-corrected chi connectivity index (χ4v) is 3.83. The number of hydrazone groups is 1. The Labute approximate surface area is 226 Å². The van der Waals surface area contributed by atoms with E-state index in [9.17, 15) is 14.9 Å². The molecule has 0 fully saturated rings. The highest BCUT2D eigenvalue weighted by molar-refractivity contribution is 5.95. The molecule has 1 N–H and O–H groups in total. The molecule has 39 heavy (non-hydrogen) atoms. The highest BCUT2D eigenvalue weighted by Crippen LogP contribution is 2.29. The van der Waals surface area contributed by atoms with Crippen molar-refractivity contribution < 1.29 is 19.2 Å². The molecule has 10 nitrogen and oxygen atoms in total. The Morgan fingerprint density at radius 3 is 2.51 bits per heavy atom. The van der Waals surface area contributed by atoms with Gasteiger partial charge in [-0.1, -0.05) is 36.4 Å². The maximum absolute atomic E-state index is 12.5. The summed E-state index contributed by atoms with van der Waals surface area (Å²) in [5, 5.41) is 19.0. The van der Waals surface area contributed by atoms with E-state index < -0.39 is 4.92 Å². The van der Waals surface area contributed by atoms with Crippen molar-refractivity contribution in [3.05, 3.63) is 116 Å². The van der Waals surface area contributed by atoms with Crippen LogP contribution in [0.3, 0.4) is 0 Å². The predicted molar refractivity (Wildman–Crippen MR) is 147 cm³/mol. The van der Waals surface area contributed by atoms with Crippen LogP contribution in [0.5, 0.6) is 11.5 Å². The van der Waals surface area contributed by atoms with Gasteiger partial charge in [0.25, 0.3) is 5.91 Å². The lowest BCUT2D eigenvalue weighted by molar-refractivity contribution is -0.389. The molecule has 0 atom stereocenters. The smallest absolute Gasteiger partial charge is 0.390 e. The normalized spacial score (nSPS) is 10.9. The van der Waals surface area contributed by atoms with Crippen molar-refractivity contribution in [3.63, 3.8) is 0 Å². The van der Waals surface area contributed by atoms with Crippen molar-refractivity contribution in [1.82, 2.24) is 15.2 Å². The Hall–Kier alpha value is -4.99. The summed E-state index contributed by atoms with van der Waals surface area (Å²) in [6, 6.07) is 21.8. The van der Waals surface area contributed by atoms with Crippen LogP contribution < -0.4 is 14.9 Å². The number of carbonyl (C=O) groups is 1. The summed E-state index contributed by atoms with van der Waals surface area (Å²) in [6.07, 6.45) is 1.54. The van der Waals surface area contributed by atoms with Gasteiger partial charge in [0.2, 0.25) is 0 Å². The van der Waals surface area contributed by atoms with E-state index in [1.165, 1.54) is 12.3 Å². The van der Waals surface area contributed by atoms with E-state index in [4.69, 9.17) is 9.47 Å². The predicted octanol–water partition coefficient (Wildman–Crippen LogP) is 5.20. The van der Waals surface area contributed by atoms with E-state index in [1.54, 1.807) is 35.9 Å². The third kappa shape index (κ3) is 7.07. The van der Waals surface area contributed by atoms with Crippen LogP contribution in [0.2, 0.25) is 0 Å². The van der Waals surface area contributed by atoms with Gasteiger partial charge in [0, 0.05) is 5.56 Å². The lowest BCUT2D eigenvalue weighted by atomic mass is 10.1. The van der Waals surface area contributed by atoms with E-state index in [0.717, 1.165) is 22.3 Å². The van der Waals surface area contributed by atoms with Gasteiger partial charge in [-0.05, 0) is 78.3 Å². The Morgan fingerprint density at radius 1 is 1.05 bits per heavy atom. The number of nitro groups is 1. The second-order valence-electron chi connectivity index (χ2n) is 8.81. The number of carbonyl (C=O) groups excluding carboxylic acids is 1. The number of hydrogen-bond donors (Lipinski definition) is 1. The van der Waals surface area contributed by atoms with E-state index in [2.05, 4.69) is 15.6 Å². The van der Waals surface area contributed by atoms with Gasteiger partial charge in [-0.25, -0.2) is 5.43 Å². The first-order valence-electron chi connectivity index (χ1n) is 12.4. The van der Waals surface area contributed by atoms with Gasteiger partial charge >= 0.3 is 5.82 Å². The fraction of sp³-hybridized carbons (Fsp3) is 0.207. The first-order valence-corrected chi connectivity index (χ1v) is 12.4. The Morgan fingerprint density at radius 2 is 1.82 bits per heavy atom. The fourth-order valence-electron chi connectivity index (χ4n) is 3.83. The lowest BCUT2D eigenvalue weighted by Gasteiger charge is -2.13. The zero-order valence-corrected chi connectivity index (χ0v) is 22.0. The average Bonchev–Trinajstić information content (AvgIpc) is 3.30. The summed E-state index contributed by atoms with van der Waals surface area (Å²) in [4.78, 5) is 22.9. The van der Waals surface area contributed by atoms with E-state index in [-0.39, 0.29) is 11.7 Å². The second-order valence-corrected chi connectivity index (χ2v) is 8.81. The standard InChI is InChI=1S/C29H29N5O5/c1-4-38-27-16-23(11-14-26(27)39-19-25-8-6-5-7-20(25)2)17-30-31-29(35)24-12-9-22(10-13-24)18-33-21(3)15-28(32-33)34(36)37/h5-17H,4,18-19H2,1-3H3,(H,31,35)/b30-17+. The third-order valence-electron chi connectivity index (χ3n) is 6.00. The zero-order chi connectivity index (χ0) is 27.8. The molecule has 10 heteroatoms. The Kier molecular flexibility index (Phi) is 8.67.